The van der Waals surface area contributed by atoms with Gasteiger partial charge in [0.1, 0.15) is 0 Å². The second-order valence-corrected chi connectivity index (χ2v) is 5.55. The van der Waals surface area contributed by atoms with Crippen molar-refractivity contribution < 1.29 is 4.79 Å². The van der Waals surface area contributed by atoms with Gasteiger partial charge in [-0.3, -0.25) is 9.78 Å². The maximum Gasteiger partial charge on any atom is 0.232 e. The highest BCUT2D eigenvalue weighted by Gasteiger charge is 2.26. The third-order valence-electron chi connectivity index (χ3n) is 3.43. The van der Waals surface area contributed by atoms with Crippen LogP contribution < -0.4 is 10.6 Å². The summed E-state index contributed by atoms with van der Waals surface area (Å²) >= 11 is 3.39. The number of carbonyl (C=O) groups excluding carboxylic acids is 1. The van der Waals surface area contributed by atoms with Gasteiger partial charge in [-0.2, -0.15) is 0 Å². The van der Waals surface area contributed by atoms with Gasteiger partial charge in [-0.05, 0) is 40.0 Å². The van der Waals surface area contributed by atoms with E-state index in [2.05, 4.69) is 31.5 Å². The van der Waals surface area contributed by atoms with Gasteiger partial charge in [-0.15, -0.1) is 0 Å². The molecule has 1 unspecified atom stereocenters. The summed E-state index contributed by atoms with van der Waals surface area (Å²) in [4.78, 5) is 16.5. The Morgan fingerprint density at radius 1 is 1.35 bits per heavy atom. The van der Waals surface area contributed by atoms with Gasteiger partial charge in [0.2, 0.25) is 5.91 Å². The van der Waals surface area contributed by atoms with Crippen LogP contribution in [0.5, 0.6) is 0 Å². The SMILES string of the molecule is O=C(Nc1ccncc1Br)C1CCNc2ccccc21. The van der Waals surface area contributed by atoms with Crippen LogP contribution in [0, 0.1) is 0 Å². The van der Waals surface area contributed by atoms with Crippen molar-refractivity contribution in [2.24, 2.45) is 0 Å². The first kappa shape index (κ1) is 13.1. The van der Waals surface area contributed by atoms with Crippen LogP contribution >= 0.6 is 15.9 Å². The fraction of sp³-hybridized carbons (Fsp3) is 0.200. The number of para-hydroxylation sites is 1. The lowest BCUT2D eigenvalue weighted by molar-refractivity contribution is -0.117. The molecule has 0 radical (unpaired) electrons. The summed E-state index contributed by atoms with van der Waals surface area (Å²) in [5.74, 6) is -0.0987. The lowest BCUT2D eigenvalue weighted by Crippen LogP contribution is -2.27. The van der Waals surface area contributed by atoms with Crippen LogP contribution in [0.25, 0.3) is 0 Å². The van der Waals surface area contributed by atoms with E-state index in [1.165, 1.54) is 0 Å². The lowest BCUT2D eigenvalue weighted by Gasteiger charge is -2.26. The molecule has 4 nitrogen and oxygen atoms in total. The third-order valence-corrected chi connectivity index (χ3v) is 4.06. The Morgan fingerprint density at radius 2 is 2.20 bits per heavy atom. The van der Waals surface area contributed by atoms with Crippen molar-refractivity contribution in [3.05, 3.63) is 52.8 Å². The molecular formula is C15H14BrN3O. The summed E-state index contributed by atoms with van der Waals surface area (Å²) in [5, 5.41) is 6.29. The van der Waals surface area contributed by atoms with Gasteiger partial charge >= 0.3 is 0 Å². The number of anilines is 2. The third kappa shape index (κ3) is 2.54. The van der Waals surface area contributed by atoms with Crippen molar-refractivity contribution in [2.45, 2.75) is 12.3 Å². The van der Waals surface area contributed by atoms with Crippen LogP contribution in [0.4, 0.5) is 11.4 Å². The van der Waals surface area contributed by atoms with Crippen molar-refractivity contribution in [1.29, 1.82) is 0 Å². The molecule has 1 aliphatic heterocycles. The van der Waals surface area contributed by atoms with E-state index in [9.17, 15) is 4.79 Å². The number of nitrogens with zero attached hydrogens (tertiary/aromatic N) is 1. The number of hydrogen-bond donors (Lipinski definition) is 2. The lowest BCUT2D eigenvalue weighted by atomic mass is 9.90. The zero-order valence-corrected chi connectivity index (χ0v) is 12.4. The smallest absolute Gasteiger partial charge is 0.232 e. The van der Waals surface area contributed by atoms with Gasteiger partial charge in [0.15, 0.2) is 0 Å². The van der Waals surface area contributed by atoms with E-state index in [1.807, 2.05) is 24.3 Å². The normalized spacial score (nSPS) is 16.9. The Bertz CT molecular complexity index is 645. The van der Waals surface area contributed by atoms with Crippen molar-refractivity contribution in [2.75, 3.05) is 17.2 Å². The minimum Gasteiger partial charge on any atom is -0.385 e. The second-order valence-electron chi connectivity index (χ2n) is 4.70. The summed E-state index contributed by atoms with van der Waals surface area (Å²) in [6, 6.07) is 9.75. The minimum atomic E-state index is -0.118. The monoisotopic (exact) mass is 331 g/mol. The Labute approximate surface area is 125 Å². The van der Waals surface area contributed by atoms with Crippen molar-refractivity contribution in [3.8, 4) is 0 Å². The van der Waals surface area contributed by atoms with Crippen molar-refractivity contribution in [1.82, 2.24) is 4.98 Å². The fourth-order valence-electron chi connectivity index (χ4n) is 2.44. The number of halogens is 1. The van der Waals surface area contributed by atoms with Gasteiger partial charge in [0.05, 0.1) is 16.1 Å². The van der Waals surface area contributed by atoms with E-state index >= 15 is 0 Å². The van der Waals surface area contributed by atoms with Crippen LogP contribution in [0.1, 0.15) is 17.9 Å². The largest absolute Gasteiger partial charge is 0.385 e. The maximum atomic E-state index is 12.5. The number of pyridine rings is 1. The first-order valence-electron chi connectivity index (χ1n) is 6.49. The van der Waals surface area contributed by atoms with E-state index < -0.39 is 0 Å². The summed E-state index contributed by atoms with van der Waals surface area (Å²) in [5.41, 5.74) is 2.86. The minimum absolute atomic E-state index is 0.0193. The first-order valence-corrected chi connectivity index (χ1v) is 7.28. The molecule has 0 fully saturated rings. The van der Waals surface area contributed by atoms with Crippen LogP contribution in [-0.2, 0) is 4.79 Å². The molecule has 20 heavy (non-hydrogen) atoms. The van der Waals surface area contributed by atoms with Crippen LogP contribution in [0.2, 0.25) is 0 Å². The van der Waals surface area contributed by atoms with Crippen LogP contribution in [0.3, 0.4) is 0 Å². The Kier molecular flexibility index (Phi) is 3.69. The standard InChI is InChI=1S/C15H14BrN3O/c16-12-9-17-7-6-14(12)19-15(20)11-5-8-18-13-4-2-1-3-10(11)13/h1-4,6-7,9,11,18H,5,8H2,(H,17,19,20). The number of aromatic nitrogens is 1. The van der Waals surface area contributed by atoms with Gasteiger partial charge < -0.3 is 10.6 Å². The zero-order chi connectivity index (χ0) is 13.9. The molecule has 1 aliphatic rings. The summed E-state index contributed by atoms with van der Waals surface area (Å²) < 4.78 is 0.788. The van der Waals surface area contributed by atoms with Crippen LogP contribution in [-0.4, -0.2) is 17.4 Å². The number of benzene rings is 1. The molecule has 1 atom stereocenters. The van der Waals surface area contributed by atoms with Gasteiger partial charge in [0, 0.05) is 24.6 Å². The number of fused-ring (bicyclic) bond motifs is 1. The number of nitrogens with one attached hydrogen (secondary N) is 2. The highest BCUT2D eigenvalue weighted by Crippen LogP contribution is 2.32. The van der Waals surface area contributed by atoms with E-state index in [-0.39, 0.29) is 11.8 Å². The molecule has 1 amide bonds. The average Bonchev–Trinajstić information content (AvgIpc) is 2.49. The van der Waals surface area contributed by atoms with E-state index in [1.54, 1.807) is 18.5 Å². The summed E-state index contributed by atoms with van der Waals surface area (Å²) in [6.07, 6.45) is 4.13. The van der Waals surface area contributed by atoms with E-state index in [4.69, 9.17) is 0 Å². The molecule has 0 spiro atoms. The molecule has 102 valence electrons. The molecule has 2 N–H and O–H groups in total. The molecule has 0 saturated heterocycles. The molecule has 0 bridgehead atoms. The number of rotatable bonds is 2. The second kappa shape index (κ2) is 5.63. The Balaban J connectivity index is 1.84. The summed E-state index contributed by atoms with van der Waals surface area (Å²) in [6.45, 7) is 0.812. The van der Waals surface area contributed by atoms with Crippen molar-refractivity contribution >= 4 is 33.2 Å². The quantitative estimate of drug-likeness (QED) is 0.886. The highest BCUT2D eigenvalue weighted by atomic mass is 79.9. The molecule has 5 heteroatoms. The maximum absolute atomic E-state index is 12.5. The van der Waals surface area contributed by atoms with Gasteiger partial charge in [-0.1, -0.05) is 18.2 Å². The predicted octanol–water partition coefficient (Wildman–Crippen LogP) is 3.38. The summed E-state index contributed by atoms with van der Waals surface area (Å²) in [7, 11) is 0. The number of hydrogen-bond acceptors (Lipinski definition) is 3. The molecule has 0 aliphatic carbocycles. The Morgan fingerprint density at radius 3 is 3.05 bits per heavy atom. The van der Waals surface area contributed by atoms with Crippen LogP contribution in [0.15, 0.2) is 47.2 Å². The molecular weight excluding hydrogens is 318 g/mol. The molecule has 1 aromatic carbocycles. The molecule has 0 saturated carbocycles. The molecule has 1 aromatic heterocycles. The van der Waals surface area contributed by atoms with E-state index in [0.29, 0.717) is 0 Å². The van der Waals surface area contributed by atoms with E-state index in [0.717, 1.165) is 34.4 Å². The molecule has 3 rings (SSSR count). The number of carbonyl (C=O) groups is 1. The average molecular weight is 332 g/mol. The van der Waals surface area contributed by atoms with Gasteiger partial charge in [-0.25, -0.2) is 0 Å². The topological polar surface area (TPSA) is 54.0 Å². The molecule has 2 aromatic rings. The Hall–Kier alpha value is -1.88. The number of amides is 1. The fourth-order valence-corrected chi connectivity index (χ4v) is 2.79. The molecule has 2 heterocycles. The predicted molar refractivity (Wildman–Crippen MR) is 82.9 cm³/mol. The van der Waals surface area contributed by atoms with Gasteiger partial charge in [0.25, 0.3) is 0 Å². The highest BCUT2D eigenvalue weighted by molar-refractivity contribution is 9.10. The zero-order valence-electron chi connectivity index (χ0n) is 10.8. The first-order chi connectivity index (χ1) is 9.75. The van der Waals surface area contributed by atoms with Crippen molar-refractivity contribution in [3.63, 3.8) is 0 Å².